The molecule has 3 aromatic rings. The molecule has 0 aliphatic rings. The van der Waals surface area contributed by atoms with Crippen molar-refractivity contribution in [2.24, 2.45) is 0 Å². The highest BCUT2D eigenvalue weighted by molar-refractivity contribution is 6.39. The number of rotatable bonds is 6. The second-order valence-electron chi connectivity index (χ2n) is 5.96. The Morgan fingerprint density at radius 3 is 2.43 bits per heavy atom. The second kappa shape index (κ2) is 9.27. The summed E-state index contributed by atoms with van der Waals surface area (Å²) >= 11 is 12.4. The van der Waals surface area contributed by atoms with E-state index in [0.29, 0.717) is 40.1 Å². The topological polar surface area (TPSA) is 66.0 Å². The quantitative estimate of drug-likeness (QED) is 0.429. The van der Waals surface area contributed by atoms with Crippen molar-refractivity contribution in [2.45, 2.75) is 6.42 Å². The summed E-state index contributed by atoms with van der Waals surface area (Å²) in [5, 5.41) is 13.0. The molecule has 0 bridgehead atoms. The van der Waals surface area contributed by atoms with Crippen LogP contribution in [0.5, 0.6) is 0 Å². The molecule has 1 N–H and O–H groups in total. The van der Waals surface area contributed by atoms with Crippen LogP contribution in [0.3, 0.4) is 0 Å². The minimum Gasteiger partial charge on any atom is -0.457 e. The normalized spacial score (nSPS) is 11.1. The molecule has 140 valence electrons. The van der Waals surface area contributed by atoms with Crippen LogP contribution < -0.4 is 5.32 Å². The van der Waals surface area contributed by atoms with Gasteiger partial charge in [0.05, 0.1) is 15.6 Å². The predicted molar refractivity (Wildman–Crippen MR) is 111 cm³/mol. The van der Waals surface area contributed by atoms with Gasteiger partial charge in [0.25, 0.3) is 5.91 Å². The highest BCUT2D eigenvalue weighted by Gasteiger charge is 2.14. The van der Waals surface area contributed by atoms with Crippen LogP contribution in [0.1, 0.15) is 11.3 Å². The van der Waals surface area contributed by atoms with Crippen LogP contribution >= 0.6 is 23.2 Å². The molecule has 3 rings (SSSR count). The largest absolute Gasteiger partial charge is 0.457 e. The van der Waals surface area contributed by atoms with Crippen molar-refractivity contribution in [3.05, 3.63) is 87.6 Å². The van der Waals surface area contributed by atoms with Gasteiger partial charge in [-0.25, -0.2) is 0 Å². The van der Waals surface area contributed by atoms with E-state index in [4.69, 9.17) is 27.6 Å². The van der Waals surface area contributed by atoms with Crippen molar-refractivity contribution < 1.29 is 9.21 Å². The van der Waals surface area contributed by atoms with E-state index in [1.54, 1.807) is 30.3 Å². The smallest absolute Gasteiger partial charge is 0.262 e. The zero-order valence-corrected chi connectivity index (χ0v) is 16.3. The third kappa shape index (κ3) is 4.83. The summed E-state index contributed by atoms with van der Waals surface area (Å²) in [6, 6.07) is 20.2. The van der Waals surface area contributed by atoms with E-state index in [-0.39, 0.29) is 5.57 Å². The molecule has 4 nitrogen and oxygen atoms in total. The molecule has 28 heavy (non-hydrogen) atoms. The van der Waals surface area contributed by atoms with Crippen molar-refractivity contribution in [3.8, 4) is 17.4 Å². The van der Waals surface area contributed by atoms with Gasteiger partial charge >= 0.3 is 0 Å². The van der Waals surface area contributed by atoms with E-state index in [9.17, 15) is 10.1 Å². The molecule has 0 saturated carbocycles. The van der Waals surface area contributed by atoms with E-state index < -0.39 is 5.91 Å². The van der Waals surface area contributed by atoms with Crippen LogP contribution in [0.2, 0.25) is 10.0 Å². The molecular formula is C22H16Cl2N2O2. The first kappa shape index (κ1) is 19.8. The molecule has 1 aromatic heterocycles. The van der Waals surface area contributed by atoms with Crippen molar-refractivity contribution in [3.63, 3.8) is 0 Å². The average Bonchev–Trinajstić information content (AvgIpc) is 3.15. The number of nitrogens with zero attached hydrogens (tertiary/aromatic N) is 1. The lowest BCUT2D eigenvalue weighted by Crippen LogP contribution is -2.26. The lowest BCUT2D eigenvalue weighted by atomic mass is 10.1. The van der Waals surface area contributed by atoms with E-state index in [1.165, 1.54) is 6.08 Å². The standard InChI is InChI=1S/C22H16Cl2N2O2/c23-18-7-4-8-19(24)21(18)20-10-9-17(28-20)13-16(14-25)22(27)26-12-11-15-5-2-1-3-6-15/h1-10,13H,11-12H2,(H,26,27)/b16-13+. The van der Waals surface area contributed by atoms with Gasteiger partial charge in [0, 0.05) is 12.6 Å². The maximum absolute atomic E-state index is 12.3. The van der Waals surface area contributed by atoms with Crippen LogP contribution in [0, 0.1) is 11.3 Å². The van der Waals surface area contributed by atoms with Gasteiger partial charge in [-0.2, -0.15) is 5.26 Å². The lowest BCUT2D eigenvalue weighted by Gasteiger charge is -2.04. The van der Waals surface area contributed by atoms with Gasteiger partial charge in [-0.05, 0) is 36.2 Å². The SMILES string of the molecule is N#C/C(=C\c1ccc(-c2c(Cl)cccc2Cl)o1)C(=O)NCCc1ccccc1. The number of nitriles is 1. The first-order valence-corrected chi connectivity index (χ1v) is 9.32. The van der Waals surface area contributed by atoms with Gasteiger partial charge < -0.3 is 9.73 Å². The van der Waals surface area contributed by atoms with Crippen LogP contribution in [0.25, 0.3) is 17.4 Å². The Hall–Kier alpha value is -3.00. The number of nitrogens with one attached hydrogen (secondary N) is 1. The lowest BCUT2D eigenvalue weighted by molar-refractivity contribution is -0.117. The number of carbonyl (C=O) groups is 1. The van der Waals surface area contributed by atoms with E-state index >= 15 is 0 Å². The minimum atomic E-state index is -0.452. The molecule has 0 aliphatic carbocycles. The molecule has 1 amide bonds. The van der Waals surface area contributed by atoms with Crippen LogP contribution in [-0.4, -0.2) is 12.5 Å². The summed E-state index contributed by atoms with van der Waals surface area (Å²) in [6.07, 6.45) is 2.08. The Morgan fingerprint density at radius 2 is 1.75 bits per heavy atom. The van der Waals surface area contributed by atoms with Crippen molar-refractivity contribution in [2.75, 3.05) is 6.54 Å². The average molecular weight is 411 g/mol. The Balaban J connectivity index is 1.70. The summed E-state index contributed by atoms with van der Waals surface area (Å²) in [6.45, 7) is 0.431. The molecule has 0 radical (unpaired) electrons. The molecule has 0 atom stereocenters. The number of hydrogen-bond donors (Lipinski definition) is 1. The first-order valence-electron chi connectivity index (χ1n) is 8.56. The summed E-state index contributed by atoms with van der Waals surface area (Å²) in [4.78, 5) is 12.3. The summed E-state index contributed by atoms with van der Waals surface area (Å²) in [5.74, 6) is 0.372. The molecular weight excluding hydrogens is 395 g/mol. The summed E-state index contributed by atoms with van der Waals surface area (Å²) < 4.78 is 5.71. The fourth-order valence-corrected chi connectivity index (χ4v) is 3.23. The van der Waals surface area contributed by atoms with Gasteiger partial charge in [-0.15, -0.1) is 0 Å². The molecule has 2 aromatic carbocycles. The molecule has 1 heterocycles. The summed E-state index contributed by atoms with van der Waals surface area (Å²) in [7, 11) is 0. The highest BCUT2D eigenvalue weighted by atomic mass is 35.5. The summed E-state index contributed by atoms with van der Waals surface area (Å²) in [5.41, 5.74) is 1.63. The van der Waals surface area contributed by atoms with E-state index in [1.807, 2.05) is 36.4 Å². The van der Waals surface area contributed by atoms with Crippen molar-refractivity contribution >= 4 is 35.2 Å². The third-order valence-electron chi connectivity index (χ3n) is 4.03. The third-order valence-corrected chi connectivity index (χ3v) is 4.66. The molecule has 0 saturated heterocycles. The number of amides is 1. The van der Waals surface area contributed by atoms with Gasteiger partial charge in [0.2, 0.25) is 0 Å². The Labute approximate surface area is 173 Å². The molecule has 0 spiro atoms. The Bertz CT molecular complexity index is 1030. The number of benzene rings is 2. The molecule has 6 heteroatoms. The monoisotopic (exact) mass is 410 g/mol. The van der Waals surface area contributed by atoms with Gasteiger partial charge in [0.1, 0.15) is 23.2 Å². The number of halogens is 2. The maximum atomic E-state index is 12.3. The maximum Gasteiger partial charge on any atom is 0.262 e. The van der Waals surface area contributed by atoms with Crippen molar-refractivity contribution in [1.29, 1.82) is 5.26 Å². The fourth-order valence-electron chi connectivity index (χ4n) is 2.65. The molecule has 0 fully saturated rings. The fraction of sp³-hybridized carbons (Fsp3) is 0.0909. The van der Waals surface area contributed by atoms with Gasteiger partial charge in [-0.3, -0.25) is 4.79 Å². The van der Waals surface area contributed by atoms with Crippen LogP contribution in [-0.2, 0) is 11.2 Å². The number of furan rings is 1. The molecule has 0 aliphatic heterocycles. The van der Waals surface area contributed by atoms with Gasteiger partial charge in [0.15, 0.2) is 0 Å². The van der Waals surface area contributed by atoms with E-state index in [2.05, 4.69) is 5.32 Å². The number of hydrogen-bond acceptors (Lipinski definition) is 3. The van der Waals surface area contributed by atoms with E-state index in [0.717, 1.165) is 5.56 Å². The van der Waals surface area contributed by atoms with Crippen molar-refractivity contribution in [1.82, 2.24) is 5.32 Å². The minimum absolute atomic E-state index is 0.0424. The highest BCUT2D eigenvalue weighted by Crippen LogP contribution is 2.35. The predicted octanol–water partition coefficient (Wildman–Crippen LogP) is 5.52. The van der Waals surface area contributed by atoms with Gasteiger partial charge in [-0.1, -0.05) is 59.6 Å². The zero-order chi connectivity index (χ0) is 19.9. The zero-order valence-electron chi connectivity index (χ0n) is 14.8. The molecule has 0 unspecified atom stereocenters. The number of carbonyl (C=O) groups excluding carboxylic acids is 1. The second-order valence-corrected chi connectivity index (χ2v) is 6.77. The Morgan fingerprint density at radius 1 is 1.04 bits per heavy atom. The van der Waals surface area contributed by atoms with Crippen LogP contribution in [0.15, 0.2) is 70.7 Å². The van der Waals surface area contributed by atoms with Crippen LogP contribution in [0.4, 0.5) is 0 Å². The first-order chi connectivity index (χ1) is 13.6. The Kier molecular flexibility index (Phi) is 6.54.